The third kappa shape index (κ3) is 4.81. The molecule has 1 aliphatic heterocycles. The Balaban J connectivity index is 1.86. The molecule has 1 heterocycles. The second-order valence-electron chi connectivity index (χ2n) is 7.62. The van der Waals surface area contributed by atoms with Gasteiger partial charge in [0.15, 0.2) is 29.3 Å². The molecule has 1 fully saturated rings. The Bertz CT molecular complexity index is 863. The third-order valence-corrected chi connectivity index (χ3v) is 5.87. The Morgan fingerprint density at radius 2 is 1.09 bits per heavy atom. The van der Waals surface area contributed by atoms with Crippen LogP contribution in [0, 0.1) is 11.8 Å². The van der Waals surface area contributed by atoms with Crippen LogP contribution in [0.5, 0.6) is 34.5 Å². The molecule has 0 aromatic heterocycles. The molecule has 0 spiro atoms. The van der Waals surface area contributed by atoms with E-state index in [0.29, 0.717) is 53.9 Å². The maximum Gasteiger partial charge on any atom is 0.203 e. The van der Waals surface area contributed by atoms with Gasteiger partial charge < -0.3 is 38.3 Å². The molecular formula is C24H32O8. The second kappa shape index (κ2) is 10.7. The van der Waals surface area contributed by atoms with Crippen molar-refractivity contribution in [2.24, 2.45) is 11.8 Å². The van der Waals surface area contributed by atoms with Gasteiger partial charge in [-0.05, 0) is 54.2 Å². The quantitative estimate of drug-likeness (QED) is 0.594. The van der Waals surface area contributed by atoms with E-state index < -0.39 is 6.29 Å². The van der Waals surface area contributed by atoms with Crippen LogP contribution in [0.15, 0.2) is 24.3 Å². The zero-order valence-corrected chi connectivity index (χ0v) is 19.5. The van der Waals surface area contributed by atoms with Gasteiger partial charge in [0.2, 0.25) is 11.5 Å². The average Bonchev–Trinajstić information content (AvgIpc) is 3.16. The number of rotatable bonds is 10. The van der Waals surface area contributed by atoms with Crippen LogP contribution in [0.25, 0.3) is 0 Å². The number of hydrogen-bond acceptors (Lipinski definition) is 8. The molecule has 0 saturated carbocycles. The summed E-state index contributed by atoms with van der Waals surface area (Å²) in [4.78, 5) is 0. The molecule has 0 unspecified atom stereocenters. The van der Waals surface area contributed by atoms with Crippen molar-refractivity contribution in [3.05, 3.63) is 35.4 Å². The van der Waals surface area contributed by atoms with Crippen molar-refractivity contribution in [2.45, 2.75) is 19.1 Å². The molecule has 0 aliphatic carbocycles. The molecule has 2 aromatic rings. The van der Waals surface area contributed by atoms with E-state index in [1.807, 2.05) is 24.3 Å². The van der Waals surface area contributed by atoms with Crippen LogP contribution < -0.4 is 28.4 Å². The van der Waals surface area contributed by atoms with Gasteiger partial charge in [0.1, 0.15) is 0 Å². The van der Waals surface area contributed by atoms with E-state index in [9.17, 15) is 5.11 Å². The number of methoxy groups -OCH3 is 6. The first-order valence-electron chi connectivity index (χ1n) is 10.4. The fraction of sp³-hybridized carbons (Fsp3) is 0.500. The highest BCUT2D eigenvalue weighted by molar-refractivity contribution is 5.55. The molecule has 2 aromatic carbocycles. The molecule has 0 radical (unpaired) electrons. The molecule has 0 amide bonds. The summed E-state index contributed by atoms with van der Waals surface area (Å²) in [6.45, 7) is 0.451. The smallest absolute Gasteiger partial charge is 0.203 e. The van der Waals surface area contributed by atoms with Gasteiger partial charge in [-0.1, -0.05) is 0 Å². The first-order chi connectivity index (χ1) is 15.5. The Labute approximate surface area is 188 Å². The first-order valence-corrected chi connectivity index (χ1v) is 10.4. The maximum atomic E-state index is 10.6. The third-order valence-electron chi connectivity index (χ3n) is 5.87. The average molecular weight is 449 g/mol. The lowest BCUT2D eigenvalue weighted by atomic mass is 9.84. The maximum absolute atomic E-state index is 10.6. The standard InChI is InChI=1S/C24H32O8/c1-26-18-9-14(10-19(27-2)22(18)30-5)7-16-13-32-24(25)17(16)8-15-11-20(28-3)23(31-6)21(12-15)29-4/h9-12,16-17,24-25H,7-8,13H2,1-6H3/t16-,17-,24-/m0/s1. The largest absolute Gasteiger partial charge is 0.493 e. The minimum Gasteiger partial charge on any atom is -0.493 e. The number of ether oxygens (including phenoxy) is 7. The Morgan fingerprint density at radius 1 is 0.688 bits per heavy atom. The fourth-order valence-corrected chi connectivity index (χ4v) is 4.26. The van der Waals surface area contributed by atoms with Gasteiger partial charge in [-0.15, -0.1) is 0 Å². The van der Waals surface area contributed by atoms with E-state index in [2.05, 4.69) is 0 Å². The zero-order chi connectivity index (χ0) is 23.3. The number of aliphatic hydroxyl groups excluding tert-OH is 1. The van der Waals surface area contributed by atoms with Crippen LogP contribution in [0.1, 0.15) is 11.1 Å². The topological polar surface area (TPSA) is 84.8 Å². The molecule has 8 nitrogen and oxygen atoms in total. The summed E-state index contributed by atoms with van der Waals surface area (Å²) in [6, 6.07) is 7.68. The van der Waals surface area contributed by atoms with Crippen molar-refractivity contribution in [3.8, 4) is 34.5 Å². The molecule has 8 heteroatoms. The SMILES string of the molecule is COc1cc(C[C@H]2CO[C@H](O)[C@H]2Cc2cc(OC)c(OC)c(OC)c2)cc(OC)c1OC. The molecule has 3 rings (SSSR count). The van der Waals surface area contributed by atoms with Crippen LogP contribution in [-0.4, -0.2) is 60.7 Å². The van der Waals surface area contributed by atoms with Gasteiger partial charge >= 0.3 is 0 Å². The lowest BCUT2D eigenvalue weighted by Gasteiger charge is -2.22. The summed E-state index contributed by atoms with van der Waals surface area (Å²) >= 11 is 0. The fourth-order valence-electron chi connectivity index (χ4n) is 4.26. The lowest BCUT2D eigenvalue weighted by Crippen LogP contribution is -2.24. The summed E-state index contributed by atoms with van der Waals surface area (Å²) < 4.78 is 38.3. The molecule has 176 valence electrons. The molecule has 1 N–H and O–H groups in total. The highest BCUT2D eigenvalue weighted by Gasteiger charge is 2.36. The van der Waals surface area contributed by atoms with Crippen molar-refractivity contribution in [2.75, 3.05) is 49.3 Å². The summed E-state index contributed by atoms with van der Waals surface area (Å²) in [5, 5.41) is 10.6. The predicted molar refractivity (Wildman–Crippen MR) is 119 cm³/mol. The van der Waals surface area contributed by atoms with Crippen molar-refractivity contribution in [1.29, 1.82) is 0 Å². The van der Waals surface area contributed by atoms with E-state index in [1.165, 1.54) is 0 Å². The molecule has 1 aliphatic rings. The first kappa shape index (κ1) is 23.8. The highest BCUT2D eigenvalue weighted by Crippen LogP contribution is 2.42. The summed E-state index contributed by atoms with van der Waals surface area (Å²) in [5.74, 6) is 3.42. The lowest BCUT2D eigenvalue weighted by molar-refractivity contribution is -0.0820. The van der Waals surface area contributed by atoms with E-state index in [1.54, 1.807) is 42.7 Å². The monoisotopic (exact) mass is 448 g/mol. The van der Waals surface area contributed by atoms with E-state index in [0.717, 1.165) is 11.1 Å². The van der Waals surface area contributed by atoms with Gasteiger partial charge in [-0.2, -0.15) is 0 Å². The molecular weight excluding hydrogens is 416 g/mol. The van der Waals surface area contributed by atoms with Crippen molar-refractivity contribution in [3.63, 3.8) is 0 Å². The predicted octanol–water partition coefficient (Wildman–Crippen LogP) is 3.10. The van der Waals surface area contributed by atoms with E-state index in [4.69, 9.17) is 33.2 Å². The Hall–Kier alpha value is -2.84. The minimum absolute atomic E-state index is 0.0897. The molecule has 3 atom stereocenters. The van der Waals surface area contributed by atoms with Gasteiger partial charge in [0.05, 0.1) is 49.3 Å². The second-order valence-corrected chi connectivity index (χ2v) is 7.62. The van der Waals surface area contributed by atoms with Gasteiger partial charge in [0.25, 0.3) is 0 Å². The normalized spacial score (nSPS) is 20.0. The van der Waals surface area contributed by atoms with E-state index >= 15 is 0 Å². The summed E-state index contributed by atoms with van der Waals surface area (Å²) in [7, 11) is 9.51. The van der Waals surface area contributed by atoms with Crippen LogP contribution in [-0.2, 0) is 17.6 Å². The molecule has 32 heavy (non-hydrogen) atoms. The molecule has 1 saturated heterocycles. The van der Waals surface area contributed by atoms with Gasteiger partial charge in [0, 0.05) is 5.92 Å². The van der Waals surface area contributed by atoms with Crippen LogP contribution in [0.4, 0.5) is 0 Å². The Morgan fingerprint density at radius 3 is 1.47 bits per heavy atom. The van der Waals surface area contributed by atoms with Crippen LogP contribution in [0.3, 0.4) is 0 Å². The van der Waals surface area contributed by atoms with Crippen molar-refractivity contribution >= 4 is 0 Å². The number of aliphatic hydroxyl groups is 1. The number of hydrogen-bond donors (Lipinski definition) is 1. The minimum atomic E-state index is -0.860. The highest BCUT2D eigenvalue weighted by atomic mass is 16.6. The van der Waals surface area contributed by atoms with Crippen LogP contribution in [0.2, 0.25) is 0 Å². The summed E-state index contributed by atoms with van der Waals surface area (Å²) in [6.07, 6.45) is 0.414. The van der Waals surface area contributed by atoms with Crippen molar-refractivity contribution < 1.29 is 38.3 Å². The van der Waals surface area contributed by atoms with Gasteiger partial charge in [-0.3, -0.25) is 0 Å². The molecule has 0 bridgehead atoms. The number of benzene rings is 2. The van der Waals surface area contributed by atoms with E-state index in [-0.39, 0.29) is 11.8 Å². The Kier molecular flexibility index (Phi) is 7.93. The van der Waals surface area contributed by atoms with Crippen molar-refractivity contribution in [1.82, 2.24) is 0 Å². The van der Waals surface area contributed by atoms with Gasteiger partial charge in [-0.25, -0.2) is 0 Å². The zero-order valence-electron chi connectivity index (χ0n) is 19.5. The summed E-state index contributed by atoms with van der Waals surface area (Å²) in [5.41, 5.74) is 1.97. The van der Waals surface area contributed by atoms with Crippen LogP contribution >= 0.6 is 0 Å².